The molecule has 2 N–H and O–H groups in total. The molecule has 138 valence electrons. The zero-order valence-corrected chi connectivity index (χ0v) is 14.8. The molecule has 26 heavy (non-hydrogen) atoms. The van der Waals surface area contributed by atoms with E-state index in [1.54, 1.807) is 12.1 Å². The number of rotatable bonds is 9. The predicted octanol–water partition coefficient (Wildman–Crippen LogP) is 3.56. The van der Waals surface area contributed by atoms with E-state index in [2.05, 4.69) is 6.07 Å². The fourth-order valence-corrected chi connectivity index (χ4v) is 3.52. The first-order valence-electron chi connectivity index (χ1n) is 9.12. The lowest BCUT2D eigenvalue weighted by atomic mass is 9.88. The predicted molar refractivity (Wildman–Crippen MR) is 98.1 cm³/mol. The van der Waals surface area contributed by atoms with Gasteiger partial charge in [0, 0.05) is 24.7 Å². The van der Waals surface area contributed by atoms with Crippen LogP contribution in [0, 0.1) is 23.2 Å². The zero-order valence-electron chi connectivity index (χ0n) is 14.8. The second kappa shape index (κ2) is 9.88. The van der Waals surface area contributed by atoms with Crippen LogP contribution in [-0.4, -0.2) is 28.1 Å². The van der Waals surface area contributed by atoms with E-state index < -0.39 is 12.1 Å². The summed E-state index contributed by atoms with van der Waals surface area (Å²) in [5, 5.41) is 27.8. The standard InChI is InChI=1S/C21H25NO4/c22-14-16-7-5-6-15(12-16)10-11-18-17(19(23)13-20(18)24)8-3-1-2-4-9-21(25)26/h5-7,10-12,17-18,20,24H,1-4,8-9,13H2,(H,25,26). The van der Waals surface area contributed by atoms with Gasteiger partial charge in [-0.25, -0.2) is 0 Å². The number of aliphatic carboxylic acids is 1. The minimum absolute atomic E-state index is 0.100. The second-order valence-electron chi connectivity index (χ2n) is 6.86. The van der Waals surface area contributed by atoms with Crippen molar-refractivity contribution < 1.29 is 19.8 Å². The summed E-state index contributed by atoms with van der Waals surface area (Å²) in [7, 11) is 0. The molecule has 1 aliphatic carbocycles. The third-order valence-corrected chi connectivity index (χ3v) is 4.92. The maximum atomic E-state index is 12.2. The molecule has 1 aromatic carbocycles. The van der Waals surface area contributed by atoms with E-state index in [1.807, 2.05) is 24.3 Å². The number of ketones is 1. The first-order valence-corrected chi connectivity index (χ1v) is 9.12. The third kappa shape index (κ3) is 5.82. The van der Waals surface area contributed by atoms with Crippen LogP contribution in [-0.2, 0) is 9.59 Å². The molecule has 1 aromatic rings. The molecule has 3 unspecified atom stereocenters. The average molecular weight is 355 g/mol. The molecule has 0 saturated heterocycles. The number of carboxylic acid groups (broad SMARTS) is 1. The lowest BCUT2D eigenvalue weighted by Crippen LogP contribution is -2.18. The van der Waals surface area contributed by atoms with Gasteiger partial charge in [0.2, 0.25) is 0 Å². The van der Waals surface area contributed by atoms with Crippen LogP contribution < -0.4 is 0 Å². The normalized spacial score (nSPS) is 22.6. The van der Waals surface area contributed by atoms with Crippen LogP contribution in [0.2, 0.25) is 0 Å². The summed E-state index contributed by atoms with van der Waals surface area (Å²) in [5.41, 5.74) is 1.45. The molecule has 5 nitrogen and oxygen atoms in total. The van der Waals surface area contributed by atoms with Crippen molar-refractivity contribution >= 4 is 17.8 Å². The Kier molecular flexibility index (Phi) is 7.55. The minimum Gasteiger partial charge on any atom is -0.481 e. The quantitative estimate of drug-likeness (QED) is 0.660. The van der Waals surface area contributed by atoms with Gasteiger partial charge in [-0.1, -0.05) is 43.5 Å². The maximum absolute atomic E-state index is 12.2. The van der Waals surface area contributed by atoms with Crippen molar-refractivity contribution in [1.29, 1.82) is 5.26 Å². The number of nitrogens with zero attached hydrogens (tertiary/aromatic N) is 1. The van der Waals surface area contributed by atoms with E-state index in [1.165, 1.54) is 0 Å². The number of nitriles is 1. The van der Waals surface area contributed by atoms with E-state index in [9.17, 15) is 14.7 Å². The molecule has 0 amide bonds. The molecule has 2 rings (SSSR count). The number of benzene rings is 1. The summed E-state index contributed by atoms with van der Waals surface area (Å²) < 4.78 is 0. The van der Waals surface area contributed by atoms with Crippen LogP contribution in [0.15, 0.2) is 30.3 Å². The van der Waals surface area contributed by atoms with Crippen molar-refractivity contribution in [2.75, 3.05) is 0 Å². The molecule has 0 radical (unpaired) electrons. The van der Waals surface area contributed by atoms with Crippen LogP contribution in [0.3, 0.4) is 0 Å². The lowest BCUT2D eigenvalue weighted by Gasteiger charge is -2.17. The monoisotopic (exact) mass is 355 g/mol. The summed E-state index contributed by atoms with van der Waals surface area (Å²) >= 11 is 0. The van der Waals surface area contributed by atoms with Crippen molar-refractivity contribution in [2.45, 2.75) is 51.0 Å². The number of aliphatic hydroxyl groups is 1. The smallest absolute Gasteiger partial charge is 0.303 e. The van der Waals surface area contributed by atoms with Gasteiger partial charge >= 0.3 is 5.97 Å². The highest BCUT2D eigenvalue weighted by atomic mass is 16.4. The number of hydrogen-bond acceptors (Lipinski definition) is 4. The molecule has 0 spiro atoms. The van der Waals surface area contributed by atoms with E-state index in [-0.39, 0.29) is 30.5 Å². The van der Waals surface area contributed by atoms with Crippen molar-refractivity contribution in [2.24, 2.45) is 11.8 Å². The van der Waals surface area contributed by atoms with Crippen molar-refractivity contribution in [3.63, 3.8) is 0 Å². The SMILES string of the molecule is N#Cc1cccc(C=CC2C(O)CC(=O)C2CCCCCCC(=O)O)c1. The van der Waals surface area contributed by atoms with Crippen LogP contribution in [0.1, 0.15) is 56.1 Å². The molecule has 3 atom stereocenters. The molecule has 1 saturated carbocycles. The molecular formula is C21H25NO4. The molecule has 0 heterocycles. The molecule has 5 heteroatoms. The maximum Gasteiger partial charge on any atom is 0.303 e. The Morgan fingerprint density at radius 1 is 1.27 bits per heavy atom. The fraction of sp³-hybridized carbons (Fsp3) is 0.476. The summed E-state index contributed by atoms with van der Waals surface area (Å²) in [6.07, 6.45) is 7.46. The lowest BCUT2D eigenvalue weighted by molar-refractivity contribution is -0.137. The van der Waals surface area contributed by atoms with Crippen molar-refractivity contribution in [3.8, 4) is 6.07 Å². The van der Waals surface area contributed by atoms with Crippen LogP contribution in [0.4, 0.5) is 0 Å². The van der Waals surface area contributed by atoms with E-state index in [4.69, 9.17) is 10.4 Å². The summed E-state index contributed by atoms with van der Waals surface area (Å²) in [5.74, 6) is -1.06. The molecular weight excluding hydrogens is 330 g/mol. The first-order chi connectivity index (χ1) is 12.5. The largest absolute Gasteiger partial charge is 0.481 e. The van der Waals surface area contributed by atoms with Gasteiger partial charge in [-0.2, -0.15) is 5.26 Å². The van der Waals surface area contributed by atoms with Gasteiger partial charge in [0.1, 0.15) is 5.78 Å². The molecule has 1 fully saturated rings. The van der Waals surface area contributed by atoms with Crippen molar-refractivity contribution in [3.05, 3.63) is 41.5 Å². The topological polar surface area (TPSA) is 98.4 Å². The molecule has 0 aliphatic heterocycles. The first kappa shape index (κ1) is 19.9. The average Bonchev–Trinajstić information content (AvgIpc) is 2.89. The highest BCUT2D eigenvalue weighted by Crippen LogP contribution is 2.34. The third-order valence-electron chi connectivity index (χ3n) is 4.92. The summed E-state index contributed by atoms with van der Waals surface area (Å²) in [4.78, 5) is 22.7. The number of carboxylic acids is 1. The van der Waals surface area contributed by atoms with Gasteiger partial charge in [0.15, 0.2) is 0 Å². The fourth-order valence-electron chi connectivity index (χ4n) is 3.52. The molecule has 1 aliphatic rings. The van der Waals surface area contributed by atoms with E-state index in [0.717, 1.165) is 31.2 Å². The Bertz CT molecular complexity index is 704. The summed E-state index contributed by atoms with van der Waals surface area (Å²) in [6, 6.07) is 9.30. The Morgan fingerprint density at radius 2 is 2.04 bits per heavy atom. The van der Waals surface area contributed by atoms with Crippen LogP contribution in [0.25, 0.3) is 6.08 Å². The van der Waals surface area contributed by atoms with Gasteiger partial charge in [-0.05, 0) is 30.5 Å². The minimum atomic E-state index is -0.773. The second-order valence-corrected chi connectivity index (χ2v) is 6.86. The molecule has 0 bridgehead atoms. The highest BCUT2D eigenvalue weighted by molar-refractivity contribution is 5.84. The number of unbranched alkanes of at least 4 members (excludes halogenated alkanes) is 3. The Balaban J connectivity index is 1.90. The molecule has 0 aromatic heterocycles. The Labute approximate surface area is 154 Å². The number of carbonyl (C=O) groups is 2. The van der Waals surface area contributed by atoms with E-state index in [0.29, 0.717) is 12.0 Å². The zero-order chi connectivity index (χ0) is 18.9. The van der Waals surface area contributed by atoms with Crippen molar-refractivity contribution in [1.82, 2.24) is 0 Å². The van der Waals surface area contributed by atoms with Crippen LogP contribution in [0.5, 0.6) is 0 Å². The Hall–Kier alpha value is -2.45. The van der Waals surface area contributed by atoms with Gasteiger partial charge < -0.3 is 10.2 Å². The number of hydrogen-bond donors (Lipinski definition) is 2. The van der Waals surface area contributed by atoms with Crippen LogP contribution >= 0.6 is 0 Å². The van der Waals surface area contributed by atoms with Gasteiger partial charge in [-0.3, -0.25) is 9.59 Å². The van der Waals surface area contributed by atoms with Gasteiger partial charge in [0.05, 0.1) is 17.7 Å². The highest BCUT2D eigenvalue weighted by Gasteiger charge is 2.39. The van der Waals surface area contributed by atoms with Gasteiger partial charge in [0.25, 0.3) is 0 Å². The van der Waals surface area contributed by atoms with Gasteiger partial charge in [-0.15, -0.1) is 0 Å². The number of carbonyl (C=O) groups excluding carboxylic acids is 1. The number of aliphatic hydroxyl groups excluding tert-OH is 1. The van der Waals surface area contributed by atoms with E-state index >= 15 is 0 Å². The number of Topliss-reactive ketones (excluding diaryl/α,β-unsaturated/α-hetero) is 1. The summed E-state index contributed by atoms with van der Waals surface area (Å²) in [6.45, 7) is 0. The Morgan fingerprint density at radius 3 is 2.77 bits per heavy atom.